The third kappa shape index (κ3) is 5.47. The summed E-state index contributed by atoms with van der Waals surface area (Å²) >= 11 is 5.95. The van der Waals surface area contributed by atoms with Crippen molar-refractivity contribution in [2.24, 2.45) is 0 Å². The van der Waals surface area contributed by atoms with Gasteiger partial charge in [0.25, 0.3) is 0 Å². The molecule has 4 rings (SSSR count). The van der Waals surface area contributed by atoms with E-state index in [0.717, 1.165) is 12.4 Å². The molecule has 3 heterocycles. The molecular weight excluding hydrogens is 460 g/mol. The van der Waals surface area contributed by atoms with Crippen LogP contribution in [-0.2, 0) is 6.18 Å². The topological polar surface area (TPSA) is 59.0 Å². The zero-order valence-electron chi connectivity index (χ0n) is 17.5. The normalized spacial score (nSPS) is 16.8. The molecule has 1 unspecified atom stereocenters. The summed E-state index contributed by atoms with van der Waals surface area (Å²) in [6.07, 6.45) is -2.09. The van der Waals surface area contributed by atoms with Gasteiger partial charge in [0.2, 0.25) is 5.82 Å². The maximum atomic E-state index is 13.7. The summed E-state index contributed by atoms with van der Waals surface area (Å²) in [7, 11) is 0. The fourth-order valence-corrected chi connectivity index (χ4v) is 4.33. The number of nitrogens with zero attached hydrogens (tertiary/aromatic N) is 4. The number of hydrogen-bond acceptors (Lipinski definition) is 5. The fraction of sp³-hybridized carbons (Fsp3) is 0.391. The SMILES string of the molecule is O=C(CCC(c1cnc(C(F)(F)F)nc1)N1CCC(F)CC1)c1cccc2nc(Cl)ccc12. The maximum absolute atomic E-state index is 13.7. The van der Waals surface area contributed by atoms with Crippen LogP contribution < -0.4 is 0 Å². The smallest absolute Gasteiger partial charge is 0.296 e. The number of piperidine rings is 1. The molecule has 1 saturated heterocycles. The number of ketones is 1. The zero-order chi connectivity index (χ0) is 23.6. The minimum Gasteiger partial charge on any atom is -0.296 e. The van der Waals surface area contributed by atoms with E-state index in [1.54, 1.807) is 30.3 Å². The average molecular weight is 481 g/mol. The van der Waals surface area contributed by atoms with E-state index in [1.807, 2.05) is 4.90 Å². The molecule has 0 aliphatic carbocycles. The molecule has 1 aromatic carbocycles. The lowest BCUT2D eigenvalue weighted by atomic mass is 9.95. The highest BCUT2D eigenvalue weighted by Crippen LogP contribution is 2.32. The molecule has 0 N–H and O–H groups in total. The molecule has 0 spiro atoms. The van der Waals surface area contributed by atoms with Crippen LogP contribution in [0.2, 0.25) is 5.15 Å². The highest BCUT2D eigenvalue weighted by molar-refractivity contribution is 6.29. The number of Topliss-reactive ketones (excluding diaryl/α,β-unsaturated/α-hetero) is 1. The van der Waals surface area contributed by atoms with Crippen molar-refractivity contribution in [1.29, 1.82) is 0 Å². The second-order valence-electron chi connectivity index (χ2n) is 8.03. The minimum absolute atomic E-state index is 0.122. The number of rotatable bonds is 6. The van der Waals surface area contributed by atoms with E-state index in [0.29, 0.717) is 59.5 Å². The molecule has 0 radical (unpaired) electrons. The second kappa shape index (κ2) is 9.69. The minimum atomic E-state index is -4.64. The Morgan fingerprint density at radius 2 is 1.82 bits per heavy atom. The van der Waals surface area contributed by atoms with E-state index in [-0.39, 0.29) is 12.2 Å². The van der Waals surface area contributed by atoms with Gasteiger partial charge in [-0.15, -0.1) is 0 Å². The molecular formula is C23H21ClF4N4O. The average Bonchev–Trinajstić information content (AvgIpc) is 2.79. The van der Waals surface area contributed by atoms with E-state index in [1.165, 1.54) is 0 Å². The molecule has 1 atom stereocenters. The van der Waals surface area contributed by atoms with Crippen molar-refractivity contribution in [3.8, 4) is 0 Å². The van der Waals surface area contributed by atoms with Gasteiger partial charge in [-0.3, -0.25) is 9.69 Å². The van der Waals surface area contributed by atoms with Crippen molar-refractivity contribution in [3.05, 3.63) is 64.8 Å². The summed E-state index contributed by atoms with van der Waals surface area (Å²) in [5.74, 6) is -1.34. The third-order valence-electron chi connectivity index (χ3n) is 5.85. The maximum Gasteiger partial charge on any atom is 0.451 e. The van der Waals surface area contributed by atoms with Crippen LogP contribution >= 0.6 is 11.6 Å². The van der Waals surface area contributed by atoms with Gasteiger partial charge in [0, 0.05) is 54.5 Å². The quantitative estimate of drug-likeness (QED) is 0.252. The van der Waals surface area contributed by atoms with Crippen LogP contribution in [0.1, 0.15) is 53.5 Å². The van der Waals surface area contributed by atoms with Gasteiger partial charge < -0.3 is 0 Å². The first-order valence-corrected chi connectivity index (χ1v) is 11.0. The van der Waals surface area contributed by atoms with Crippen LogP contribution in [0.15, 0.2) is 42.7 Å². The van der Waals surface area contributed by atoms with Gasteiger partial charge in [-0.1, -0.05) is 23.7 Å². The highest BCUT2D eigenvalue weighted by Gasteiger charge is 2.35. The number of alkyl halides is 4. The number of aromatic nitrogens is 3. The van der Waals surface area contributed by atoms with E-state index in [2.05, 4.69) is 15.0 Å². The van der Waals surface area contributed by atoms with Crippen molar-refractivity contribution in [2.45, 2.75) is 44.1 Å². The Kier molecular flexibility index (Phi) is 6.90. The molecule has 174 valence electrons. The van der Waals surface area contributed by atoms with Gasteiger partial charge in [0.1, 0.15) is 11.3 Å². The van der Waals surface area contributed by atoms with Crippen LogP contribution in [0.3, 0.4) is 0 Å². The molecule has 0 amide bonds. The Balaban J connectivity index is 1.56. The molecule has 33 heavy (non-hydrogen) atoms. The Labute approximate surface area is 192 Å². The fourth-order valence-electron chi connectivity index (χ4n) is 4.17. The molecule has 0 bridgehead atoms. The van der Waals surface area contributed by atoms with Crippen LogP contribution in [0, 0.1) is 0 Å². The van der Waals surface area contributed by atoms with E-state index >= 15 is 0 Å². The van der Waals surface area contributed by atoms with Gasteiger partial charge in [0.05, 0.1) is 5.52 Å². The first-order valence-electron chi connectivity index (χ1n) is 10.6. The monoisotopic (exact) mass is 480 g/mol. The summed E-state index contributed by atoms with van der Waals surface area (Å²) in [5, 5.41) is 1.00. The molecule has 1 aliphatic rings. The zero-order valence-corrected chi connectivity index (χ0v) is 18.3. The number of halogens is 5. The number of benzene rings is 1. The van der Waals surface area contributed by atoms with Crippen LogP contribution in [-0.4, -0.2) is 44.9 Å². The number of hydrogen-bond donors (Lipinski definition) is 0. The predicted octanol–water partition coefficient (Wildman–Crippen LogP) is 5.84. The predicted molar refractivity (Wildman–Crippen MR) is 116 cm³/mol. The summed E-state index contributed by atoms with van der Waals surface area (Å²) in [6, 6.07) is 8.17. The molecule has 0 saturated carbocycles. The van der Waals surface area contributed by atoms with Crippen molar-refractivity contribution in [3.63, 3.8) is 0 Å². The lowest BCUT2D eigenvalue weighted by molar-refractivity contribution is -0.145. The van der Waals surface area contributed by atoms with E-state index in [4.69, 9.17) is 11.6 Å². The molecule has 1 fully saturated rings. The number of carbonyl (C=O) groups excluding carboxylic acids is 1. The van der Waals surface area contributed by atoms with Crippen molar-refractivity contribution in [1.82, 2.24) is 19.9 Å². The summed E-state index contributed by atoms with van der Waals surface area (Å²) in [5.41, 5.74) is 1.58. The van der Waals surface area contributed by atoms with Gasteiger partial charge in [-0.25, -0.2) is 19.3 Å². The second-order valence-corrected chi connectivity index (χ2v) is 8.42. The summed E-state index contributed by atoms with van der Waals surface area (Å²) < 4.78 is 52.3. The molecule has 5 nitrogen and oxygen atoms in total. The Morgan fingerprint density at radius 3 is 2.48 bits per heavy atom. The van der Waals surface area contributed by atoms with Crippen LogP contribution in [0.4, 0.5) is 17.6 Å². The van der Waals surface area contributed by atoms with Gasteiger partial charge in [0.15, 0.2) is 5.78 Å². The molecule has 10 heteroatoms. The van der Waals surface area contributed by atoms with E-state index < -0.39 is 24.2 Å². The third-order valence-corrected chi connectivity index (χ3v) is 6.06. The van der Waals surface area contributed by atoms with E-state index in [9.17, 15) is 22.4 Å². The number of carbonyl (C=O) groups is 1. The van der Waals surface area contributed by atoms with Crippen LogP contribution in [0.25, 0.3) is 10.9 Å². The van der Waals surface area contributed by atoms with Crippen molar-refractivity contribution >= 4 is 28.3 Å². The molecule has 2 aromatic heterocycles. The van der Waals surface area contributed by atoms with Crippen LogP contribution in [0.5, 0.6) is 0 Å². The first kappa shape index (κ1) is 23.5. The Bertz CT molecular complexity index is 1130. The van der Waals surface area contributed by atoms with Gasteiger partial charge in [-0.2, -0.15) is 13.2 Å². The van der Waals surface area contributed by atoms with Gasteiger partial charge >= 0.3 is 6.18 Å². The Hall–Kier alpha value is -2.65. The largest absolute Gasteiger partial charge is 0.451 e. The molecule has 3 aromatic rings. The lowest BCUT2D eigenvalue weighted by Gasteiger charge is -2.35. The highest BCUT2D eigenvalue weighted by atomic mass is 35.5. The van der Waals surface area contributed by atoms with Crippen molar-refractivity contribution < 1.29 is 22.4 Å². The number of likely N-dealkylation sites (tertiary alicyclic amines) is 1. The Morgan fingerprint density at radius 1 is 1.12 bits per heavy atom. The lowest BCUT2D eigenvalue weighted by Crippen LogP contribution is -2.37. The number of fused-ring (bicyclic) bond motifs is 1. The van der Waals surface area contributed by atoms with Crippen molar-refractivity contribution in [2.75, 3.05) is 13.1 Å². The standard InChI is InChI=1S/C23H21ClF4N4O/c24-21-7-4-16-17(2-1-3-18(16)31-21)20(33)6-5-19(32-10-8-15(25)9-11-32)14-12-29-22(30-13-14)23(26,27)28/h1-4,7,12-13,15,19H,5-6,8-11H2. The summed E-state index contributed by atoms with van der Waals surface area (Å²) in [6.45, 7) is 0.884. The molecule has 1 aliphatic heterocycles. The first-order chi connectivity index (χ1) is 15.7. The van der Waals surface area contributed by atoms with Gasteiger partial charge in [-0.05, 0) is 37.5 Å². The number of pyridine rings is 1. The summed E-state index contributed by atoms with van der Waals surface area (Å²) in [4.78, 5) is 26.2.